The van der Waals surface area contributed by atoms with Crippen molar-refractivity contribution in [2.45, 2.75) is 59.7 Å². The summed E-state index contributed by atoms with van der Waals surface area (Å²) in [4.78, 5) is 19.2. The number of ether oxygens (including phenoxy) is 2. The second-order valence-corrected chi connectivity index (χ2v) is 9.85. The Bertz CT molecular complexity index is 748. The van der Waals surface area contributed by atoms with Crippen molar-refractivity contribution in [1.82, 2.24) is 9.80 Å². The second-order valence-electron chi connectivity index (χ2n) is 9.85. The lowest BCUT2D eigenvalue weighted by molar-refractivity contribution is 0.0240. The number of nitrogens with zero attached hydrogens (tertiary/aromatic N) is 3. The Morgan fingerprint density at radius 2 is 1.75 bits per heavy atom. The Kier molecular flexibility index (Phi) is 8.65. The van der Waals surface area contributed by atoms with Crippen molar-refractivity contribution in [3.05, 3.63) is 23.3 Å². The average molecular weight is 447 g/mol. The zero-order valence-electron chi connectivity index (χ0n) is 20.7. The summed E-state index contributed by atoms with van der Waals surface area (Å²) < 4.78 is 11.3. The molecule has 7 heteroatoms. The minimum atomic E-state index is -0.464. The molecule has 2 aliphatic heterocycles. The summed E-state index contributed by atoms with van der Waals surface area (Å²) in [6.45, 7) is 18.7. The van der Waals surface area contributed by atoms with Crippen LogP contribution >= 0.6 is 0 Å². The van der Waals surface area contributed by atoms with Gasteiger partial charge >= 0.3 is 6.09 Å². The van der Waals surface area contributed by atoms with E-state index >= 15 is 0 Å². The van der Waals surface area contributed by atoms with Gasteiger partial charge in [-0.2, -0.15) is 0 Å². The highest BCUT2D eigenvalue weighted by Gasteiger charge is 2.27. The summed E-state index contributed by atoms with van der Waals surface area (Å²) in [5, 5.41) is 3.68. The number of carbonyl (C=O) groups excluding carboxylic acids is 1. The number of likely N-dealkylation sites (tertiary alicyclic amines) is 1. The molecule has 0 saturated carbocycles. The number of anilines is 2. The van der Waals surface area contributed by atoms with Crippen LogP contribution in [0.3, 0.4) is 0 Å². The molecular weight excluding hydrogens is 404 g/mol. The van der Waals surface area contributed by atoms with Crippen LogP contribution in [0.4, 0.5) is 16.2 Å². The number of piperazine rings is 1. The van der Waals surface area contributed by atoms with Gasteiger partial charge in [-0.25, -0.2) is 4.79 Å². The number of nitrogens with one attached hydrogen (secondary N) is 1. The molecule has 0 atom stereocenters. The van der Waals surface area contributed by atoms with Crippen molar-refractivity contribution in [2.75, 3.05) is 69.2 Å². The van der Waals surface area contributed by atoms with E-state index in [1.807, 2.05) is 32.6 Å². The van der Waals surface area contributed by atoms with E-state index in [0.717, 1.165) is 26.2 Å². The van der Waals surface area contributed by atoms with Crippen LogP contribution in [-0.2, 0) is 16.1 Å². The van der Waals surface area contributed by atoms with Crippen LogP contribution < -0.4 is 10.2 Å². The number of carbonyl (C=O) groups is 1. The highest BCUT2D eigenvalue weighted by molar-refractivity contribution is 5.70. The molecule has 0 aliphatic carbocycles. The normalized spacial score (nSPS) is 17.7. The Morgan fingerprint density at radius 3 is 2.38 bits per heavy atom. The molecule has 0 unspecified atom stereocenters. The van der Waals surface area contributed by atoms with Crippen LogP contribution in [0.1, 0.15) is 51.7 Å². The van der Waals surface area contributed by atoms with E-state index in [9.17, 15) is 4.79 Å². The van der Waals surface area contributed by atoms with Crippen LogP contribution in [-0.4, -0.2) is 80.5 Å². The molecule has 1 N–H and O–H groups in total. The summed E-state index contributed by atoms with van der Waals surface area (Å²) in [7, 11) is 0. The van der Waals surface area contributed by atoms with Crippen LogP contribution in [0.25, 0.3) is 0 Å². The van der Waals surface area contributed by atoms with E-state index < -0.39 is 5.60 Å². The van der Waals surface area contributed by atoms with E-state index in [1.54, 1.807) is 0 Å². The van der Waals surface area contributed by atoms with Crippen LogP contribution in [0.15, 0.2) is 12.1 Å². The zero-order chi connectivity index (χ0) is 23.1. The van der Waals surface area contributed by atoms with Crippen molar-refractivity contribution < 1.29 is 14.3 Å². The van der Waals surface area contributed by atoms with Crippen LogP contribution in [0, 0.1) is 6.92 Å². The molecule has 2 aliphatic rings. The topological polar surface area (TPSA) is 57.3 Å². The van der Waals surface area contributed by atoms with Gasteiger partial charge in [-0.15, -0.1) is 0 Å². The van der Waals surface area contributed by atoms with Crippen LogP contribution in [0.5, 0.6) is 0 Å². The molecule has 7 nitrogen and oxygen atoms in total. The third kappa shape index (κ3) is 7.01. The first-order valence-electron chi connectivity index (χ1n) is 12.2. The molecule has 0 spiro atoms. The van der Waals surface area contributed by atoms with E-state index in [1.165, 1.54) is 48.4 Å². The summed E-state index contributed by atoms with van der Waals surface area (Å²) in [5.74, 6) is 0. The molecule has 180 valence electrons. The first-order chi connectivity index (χ1) is 15.3. The molecule has 1 aromatic carbocycles. The molecule has 1 amide bonds. The van der Waals surface area contributed by atoms with E-state index in [2.05, 4.69) is 34.2 Å². The zero-order valence-corrected chi connectivity index (χ0v) is 20.7. The predicted molar refractivity (Wildman–Crippen MR) is 131 cm³/mol. The van der Waals surface area contributed by atoms with Gasteiger partial charge < -0.3 is 29.5 Å². The van der Waals surface area contributed by atoms with E-state index in [-0.39, 0.29) is 6.09 Å². The quantitative estimate of drug-likeness (QED) is 0.649. The molecule has 0 bridgehead atoms. The summed E-state index contributed by atoms with van der Waals surface area (Å²) >= 11 is 0. The second kappa shape index (κ2) is 11.2. The number of benzene rings is 1. The number of hydrogen-bond acceptors (Lipinski definition) is 6. The number of rotatable bonds is 8. The molecule has 2 saturated heterocycles. The molecule has 0 aromatic heterocycles. The van der Waals surface area contributed by atoms with Gasteiger partial charge in [-0.1, -0.05) is 0 Å². The fourth-order valence-corrected chi connectivity index (χ4v) is 4.38. The van der Waals surface area contributed by atoms with Gasteiger partial charge in [-0.05, 0) is 83.8 Å². The van der Waals surface area contributed by atoms with Crippen molar-refractivity contribution in [3.8, 4) is 0 Å². The third-order valence-electron chi connectivity index (χ3n) is 6.13. The molecule has 32 heavy (non-hydrogen) atoms. The minimum Gasteiger partial charge on any atom is -0.444 e. The van der Waals surface area contributed by atoms with E-state index in [0.29, 0.717) is 26.3 Å². The van der Waals surface area contributed by atoms with Crippen molar-refractivity contribution in [2.24, 2.45) is 0 Å². The van der Waals surface area contributed by atoms with Gasteiger partial charge in [-0.3, -0.25) is 0 Å². The number of hydrogen-bond donors (Lipinski definition) is 1. The predicted octanol–water partition coefficient (Wildman–Crippen LogP) is 4.10. The molecule has 1 aromatic rings. The third-order valence-corrected chi connectivity index (χ3v) is 6.13. The average Bonchev–Trinajstić information content (AvgIpc) is 3.26. The van der Waals surface area contributed by atoms with Crippen LogP contribution in [0.2, 0.25) is 0 Å². The maximum absolute atomic E-state index is 12.4. The van der Waals surface area contributed by atoms with Crippen molar-refractivity contribution in [1.29, 1.82) is 0 Å². The van der Waals surface area contributed by atoms with Gasteiger partial charge in [0, 0.05) is 57.3 Å². The first-order valence-corrected chi connectivity index (χ1v) is 12.2. The molecule has 0 radical (unpaired) electrons. The SMILES string of the molecule is CCOCc1cc(NCCN2CCCC2)c(C)c(N2CCN(C(=O)OC(C)(C)C)CC2)c1. The first kappa shape index (κ1) is 24.6. The molecular formula is C25H42N4O3. The number of amides is 1. The fraction of sp³-hybridized carbons (Fsp3) is 0.720. The lowest BCUT2D eigenvalue weighted by atomic mass is 10.1. The Hall–Kier alpha value is -1.99. The maximum atomic E-state index is 12.4. The van der Waals surface area contributed by atoms with Crippen molar-refractivity contribution in [3.63, 3.8) is 0 Å². The highest BCUT2D eigenvalue weighted by Crippen LogP contribution is 2.30. The molecule has 2 heterocycles. The summed E-state index contributed by atoms with van der Waals surface area (Å²) in [5.41, 5.74) is 4.40. The van der Waals surface area contributed by atoms with Gasteiger partial charge in [0.05, 0.1) is 6.61 Å². The van der Waals surface area contributed by atoms with Gasteiger partial charge in [0.25, 0.3) is 0 Å². The lowest BCUT2D eigenvalue weighted by Crippen LogP contribution is -2.50. The van der Waals surface area contributed by atoms with E-state index in [4.69, 9.17) is 9.47 Å². The highest BCUT2D eigenvalue weighted by atomic mass is 16.6. The summed E-state index contributed by atoms with van der Waals surface area (Å²) in [6.07, 6.45) is 2.42. The van der Waals surface area contributed by atoms with Gasteiger partial charge in [0.2, 0.25) is 0 Å². The largest absolute Gasteiger partial charge is 0.444 e. The van der Waals surface area contributed by atoms with Gasteiger partial charge in [0.15, 0.2) is 0 Å². The monoisotopic (exact) mass is 446 g/mol. The molecule has 3 rings (SSSR count). The fourth-order valence-electron chi connectivity index (χ4n) is 4.38. The van der Waals surface area contributed by atoms with Gasteiger partial charge in [0.1, 0.15) is 5.60 Å². The lowest BCUT2D eigenvalue weighted by Gasteiger charge is -2.37. The minimum absolute atomic E-state index is 0.219. The maximum Gasteiger partial charge on any atom is 0.410 e. The Labute approximate surface area is 194 Å². The van der Waals surface area contributed by atoms with Crippen molar-refractivity contribution >= 4 is 17.5 Å². The summed E-state index contributed by atoms with van der Waals surface area (Å²) in [6, 6.07) is 4.48. The standard InChI is InChI=1S/C25H42N4O3/c1-6-31-19-21-17-22(26-9-12-27-10-7-8-11-27)20(2)23(18-21)28-13-15-29(16-14-28)24(30)32-25(3,4)5/h17-18,26H,6-16,19H2,1-5H3. The smallest absolute Gasteiger partial charge is 0.410 e. The Balaban J connectivity index is 1.67. The Morgan fingerprint density at radius 1 is 1.06 bits per heavy atom. The molecule has 2 fully saturated rings.